The molecule has 1 rings (SSSR count). The van der Waals surface area contributed by atoms with Gasteiger partial charge >= 0.3 is 0 Å². The van der Waals surface area contributed by atoms with Gasteiger partial charge in [0.1, 0.15) is 12.2 Å². The lowest BCUT2D eigenvalue weighted by molar-refractivity contribution is 0.0885. The fourth-order valence-electron chi connectivity index (χ4n) is 2.08. The molecule has 0 aliphatic heterocycles. The van der Waals surface area contributed by atoms with Crippen LogP contribution in [-0.2, 0) is 38.6 Å². The lowest BCUT2D eigenvalue weighted by Gasteiger charge is -2.23. The van der Waals surface area contributed by atoms with Crippen LogP contribution in [-0.4, -0.2) is 56.5 Å². The molecule has 0 aliphatic rings. The largest absolute Gasteiger partial charge is 0.265 e. The first-order valence-corrected chi connectivity index (χ1v) is 12.8. The van der Waals surface area contributed by atoms with Crippen molar-refractivity contribution in [3.63, 3.8) is 0 Å². The molecular weight excluding hydrogens is 418 g/mol. The zero-order chi connectivity index (χ0) is 20.9. The van der Waals surface area contributed by atoms with Gasteiger partial charge in [0.25, 0.3) is 20.2 Å². The van der Waals surface area contributed by atoms with Gasteiger partial charge in [-0.05, 0) is 25.5 Å². The zero-order valence-corrected chi connectivity index (χ0v) is 17.6. The maximum absolute atomic E-state index is 12.3. The summed E-state index contributed by atoms with van der Waals surface area (Å²) in [4.78, 5) is 0.0429. The van der Waals surface area contributed by atoms with E-state index in [0.717, 1.165) is 24.2 Å². The van der Waals surface area contributed by atoms with Gasteiger partial charge in [-0.2, -0.15) is 16.8 Å². The Hall–Kier alpha value is -1.31. The number of benzene rings is 1. The summed E-state index contributed by atoms with van der Waals surface area (Å²) in [7, 11) is -11.7. The second-order valence-corrected chi connectivity index (χ2v) is 10.8. The number of rotatable bonds is 11. The molecule has 0 aromatic heterocycles. The van der Waals surface area contributed by atoms with Crippen LogP contribution in [0.1, 0.15) is 12.0 Å². The van der Waals surface area contributed by atoms with Crippen LogP contribution in [0.25, 0.3) is 0 Å². The van der Waals surface area contributed by atoms with Gasteiger partial charge in [0.15, 0.2) is 0 Å². The Bertz CT molecular complexity index is 951. The van der Waals surface area contributed by atoms with Crippen LogP contribution in [0.15, 0.2) is 41.8 Å². The fourth-order valence-corrected chi connectivity index (χ4v) is 4.39. The number of aryl methyl sites for hydroxylation is 1. The van der Waals surface area contributed by atoms with Gasteiger partial charge in [-0.1, -0.05) is 23.8 Å². The average molecular weight is 442 g/mol. The highest BCUT2D eigenvalue weighted by Crippen LogP contribution is 2.15. The van der Waals surface area contributed by atoms with Crippen LogP contribution < -0.4 is 4.72 Å². The summed E-state index contributed by atoms with van der Waals surface area (Å²) in [5.41, 5.74) is 0.891. The third-order valence-electron chi connectivity index (χ3n) is 3.24. The van der Waals surface area contributed by atoms with Crippen molar-refractivity contribution in [3.05, 3.63) is 42.5 Å². The van der Waals surface area contributed by atoms with Crippen LogP contribution in [0.5, 0.6) is 0 Å². The Labute approximate surface area is 160 Å². The monoisotopic (exact) mass is 441 g/mol. The molecule has 0 radical (unpaired) electrons. The minimum atomic E-state index is -3.96. The Morgan fingerprint density at radius 3 is 1.96 bits per heavy atom. The highest BCUT2D eigenvalue weighted by molar-refractivity contribution is 7.89. The highest BCUT2D eigenvalue weighted by Gasteiger charge is 2.28. The van der Waals surface area contributed by atoms with E-state index < -0.39 is 42.5 Å². The highest BCUT2D eigenvalue weighted by atomic mass is 32.2. The maximum Gasteiger partial charge on any atom is 0.265 e. The minimum absolute atomic E-state index is 0.0429. The van der Waals surface area contributed by atoms with E-state index in [9.17, 15) is 25.3 Å². The van der Waals surface area contributed by atoms with E-state index >= 15 is 0 Å². The van der Waals surface area contributed by atoms with E-state index in [1.165, 1.54) is 12.1 Å². The summed E-state index contributed by atoms with van der Waals surface area (Å²) >= 11 is 0. The molecular formula is C15H23NO8S3. The summed E-state index contributed by atoms with van der Waals surface area (Å²) in [5.74, 6) is 0. The van der Waals surface area contributed by atoms with Crippen LogP contribution in [0.2, 0.25) is 0 Å². The summed E-state index contributed by atoms with van der Waals surface area (Å²) in [6.07, 6.45) is -0.111. The lowest BCUT2D eigenvalue weighted by atomic mass is 10.1. The summed E-state index contributed by atoms with van der Waals surface area (Å²) < 4.78 is 82.0. The first-order chi connectivity index (χ1) is 12.2. The van der Waals surface area contributed by atoms with Gasteiger partial charge in [0.2, 0.25) is 10.0 Å². The molecule has 2 atom stereocenters. The third-order valence-corrected chi connectivity index (χ3v) is 5.88. The van der Waals surface area contributed by atoms with Crippen molar-refractivity contribution in [2.75, 3.05) is 19.1 Å². The van der Waals surface area contributed by atoms with Gasteiger partial charge in [0.05, 0.1) is 17.4 Å². The van der Waals surface area contributed by atoms with Crippen molar-refractivity contribution in [1.82, 2.24) is 4.72 Å². The first kappa shape index (κ1) is 23.7. The van der Waals surface area contributed by atoms with E-state index in [-0.39, 0.29) is 17.9 Å². The summed E-state index contributed by atoms with van der Waals surface area (Å²) in [6.45, 7) is 5.01. The normalized spacial score (nSPS) is 15.2. The van der Waals surface area contributed by atoms with Crippen LogP contribution in [0.4, 0.5) is 0 Å². The number of nitrogens with one attached hydrogen (secondary N) is 1. The van der Waals surface area contributed by atoms with Gasteiger partial charge < -0.3 is 0 Å². The quantitative estimate of drug-likeness (QED) is 0.389. The van der Waals surface area contributed by atoms with Crippen LogP contribution in [0.3, 0.4) is 0 Å². The molecule has 1 aromatic rings. The lowest BCUT2D eigenvalue weighted by Crippen LogP contribution is -2.37. The van der Waals surface area contributed by atoms with E-state index in [0.29, 0.717) is 0 Å². The number of sulfonamides is 1. The molecule has 0 unspecified atom stereocenters. The Kier molecular flexibility index (Phi) is 8.14. The second-order valence-electron chi connectivity index (χ2n) is 5.84. The fraction of sp³-hybridized carbons (Fsp3) is 0.467. The van der Waals surface area contributed by atoms with E-state index in [1.54, 1.807) is 12.1 Å². The Balaban J connectivity index is 2.89. The molecule has 9 nitrogen and oxygen atoms in total. The van der Waals surface area contributed by atoms with Gasteiger partial charge in [-0.15, -0.1) is 6.58 Å². The Morgan fingerprint density at radius 1 is 1.00 bits per heavy atom. The molecule has 0 saturated heterocycles. The molecule has 12 heteroatoms. The van der Waals surface area contributed by atoms with E-state index in [1.807, 2.05) is 6.92 Å². The van der Waals surface area contributed by atoms with Gasteiger partial charge in [-0.3, -0.25) is 8.37 Å². The minimum Gasteiger partial charge on any atom is -0.264 e. The van der Waals surface area contributed by atoms with Crippen molar-refractivity contribution in [2.24, 2.45) is 0 Å². The zero-order valence-electron chi connectivity index (χ0n) is 15.2. The molecule has 0 amide bonds. The predicted octanol–water partition coefficient (Wildman–Crippen LogP) is 0.539. The summed E-state index contributed by atoms with van der Waals surface area (Å²) in [6, 6.07) is 6.14. The van der Waals surface area contributed by atoms with Crippen molar-refractivity contribution in [1.29, 1.82) is 0 Å². The predicted molar refractivity (Wildman–Crippen MR) is 101 cm³/mol. The molecule has 1 aromatic carbocycles. The molecule has 27 heavy (non-hydrogen) atoms. The van der Waals surface area contributed by atoms with E-state index in [4.69, 9.17) is 8.37 Å². The molecule has 0 saturated carbocycles. The van der Waals surface area contributed by atoms with Crippen molar-refractivity contribution >= 4 is 30.3 Å². The van der Waals surface area contributed by atoms with Crippen molar-refractivity contribution in [2.45, 2.75) is 30.4 Å². The first-order valence-electron chi connectivity index (χ1n) is 7.69. The second kappa shape index (κ2) is 9.26. The van der Waals surface area contributed by atoms with Crippen LogP contribution in [0, 0.1) is 6.92 Å². The average Bonchev–Trinajstić information content (AvgIpc) is 2.50. The Morgan fingerprint density at radius 2 is 1.52 bits per heavy atom. The van der Waals surface area contributed by atoms with Crippen LogP contribution >= 0.6 is 0 Å². The molecule has 0 spiro atoms. The molecule has 154 valence electrons. The smallest absolute Gasteiger partial charge is 0.264 e. The van der Waals surface area contributed by atoms with Crippen molar-refractivity contribution in [3.8, 4) is 0 Å². The molecule has 0 fully saturated rings. The SMILES string of the molecule is C=C[C@H](OS(C)(=O)=O)[C@@H](CCNS(=O)(=O)c1ccc(C)cc1)OS(C)(=O)=O. The summed E-state index contributed by atoms with van der Waals surface area (Å²) in [5, 5.41) is 0. The third kappa shape index (κ3) is 8.95. The molecule has 0 heterocycles. The molecule has 0 aliphatic carbocycles. The topological polar surface area (TPSA) is 133 Å². The van der Waals surface area contributed by atoms with Crippen molar-refractivity contribution < 1.29 is 33.6 Å². The van der Waals surface area contributed by atoms with Gasteiger partial charge in [0, 0.05) is 6.54 Å². The number of hydrogen-bond donors (Lipinski definition) is 1. The number of hydrogen-bond acceptors (Lipinski definition) is 8. The molecule has 1 N–H and O–H groups in total. The van der Waals surface area contributed by atoms with Gasteiger partial charge in [-0.25, -0.2) is 13.1 Å². The maximum atomic E-state index is 12.3. The molecule has 0 bridgehead atoms. The van der Waals surface area contributed by atoms with E-state index in [2.05, 4.69) is 11.3 Å². The standard InChI is InChI=1S/C15H23NO8S3/c1-5-14(23-25(3,17)18)15(24-26(4,19)20)10-11-16-27(21,22)13-8-6-12(2)7-9-13/h5-9,14-16H,1,10-11H2,2-4H3/t14-,15+/m0/s1.